The summed E-state index contributed by atoms with van der Waals surface area (Å²) in [7, 11) is -3.62. The summed E-state index contributed by atoms with van der Waals surface area (Å²) in [5.74, 6) is 0.139. The number of carbonyl (C=O) groups is 1. The minimum atomic E-state index is -3.62. The highest BCUT2D eigenvalue weighted by Crippen LogP contribution is 2.37. The molecule has 138 valence electrons. The van der Waals surface area contributed by atoms with E-state index in [0.29, 0.717) is 36.5 Å². The van der Waals surface area contributed by atoms with Crippen molar-refractivity contribution in [1.29, 1.82) is 0 Å². The number of anilines is 1. The van der Waals surface area contributed by atoms with Gasteiger partial charge in [-0.2, -0.15) is 4.31 Å². The third-order valence-corrected chi connectivity index (χ3v) is 7.13. The summed E-state index contributed by atoms with van der Waals surface area (Å²) in [5.41, 5.74) is 2.64. The van der Waals surface area contributed by atoms with Gasteiger partial charge in [0, 0.05) is 37.1 Å². The standard InChI is InChI=1S/C19H23N3O3S/c1-13(2)19-17-4-3-9-21(17)10-11-22(19)26(24,25)15-6-7-16-14(12-15)5-8-18(23)20-16/h3-4,6-7,9,12-13,19H,5,8,10-11H2,1-2H3,(H,20,23)/t19-/m0/s1. The van der Waals surface area contributed by atoms with Crippen LogP contribution in [-0.2, 0) is 27.8 Å². The van der Waals surface area contributed by atoms with Gasteiger partial charge >= 0.3 is 0 Å². The first-order valence-electron chi connectivity index (χ1n) is 8.97. The smallest absolute Gasteiger partial charge is 0.243 e. The van der Waals surface area contributed by atoms with Gasteiger partial charge in [-0.1, -0.05) is 13.8 Å². The van der Waals surface area contributed by atoms with Crippen molar-refractivity contribution in [2.45, 2.75) is 44.2 Å². The highest BCUT2D eigenvalue weighted by molar-refractivity contribution is 7.89. The SMILES string of the molecule is CC(C)[C@H]1c2cccn2CCN1S(=O)(=O)c1ccc2c(c1)CCC(=O)N2. The second kappa shape index (κ2) is 6.25. The lowest BCUT2D eigenvalue weighted by Gasteiger charge is -2.38. The maximum absolute atomic E-state index is 13.4. The van der Waals surface area contributed by atoms with Crippen LogP contribution in [0.3, 0.4) is 0 Å². The quantitative estimate of drug-likeness (QED) is 0.899. The summed E-state index contributed by atoms with van der Waals surface area (Å²) in [6.45, 7) is 5.23. The van der Waals surface area contributed by atoms with E-state index in [2.05, 4.69) is 23.7 Å². The number of nitrogens with zero attached hydrogens (tertiary/aromatic N) is 2. The summed E-state index contributed by atoms with van der Waals surface area (Å²) in [4.78, 5) is 11.8. The molecule has 2 aromatic rings. The molecule has 1 atom stereocenters. The Morgan fingerprint density at radius 2 is 1.96 bits per heavy atom. The van der Waals surface area contributed by atoms with Crippen molar-refractivity contribution in [3.63, 3.8) is 0 Å². The lowest BCUT2D eigenvalue weighted by molar-refractivity contribution is -0.116. The minimum Gasteiger partial charge on any atom is -0.349 e. The Morgan fingerprint density at radius 3 is 2.73 bits per heavy atom. The number of hydrogen-bond acceptors (Lipinski definition) is 3. The number of nitrogens with one attached hydrogen (secondary N) is 1. The number of carbonyl (C=O) groups excluding carboxylic acids is 1. The Morgan fingerprint density at radius 1 is 1.15 bits per heavy atom. The highest BCUT2D eigenvalue weighted by Gasteiger charge is 2.38. The number of fused-ring (bicyclic) bond motifs is 2. The number of aromatic nitrogens is 1. The molecule has 0 fully saturated rings. The third kappa shape index (κ3) is 2.75. The highest BCUT2D eigenvalue weighted by atomic mass is 32.2. The van der Waals surface area contributed by atoms with E-state index < -0.39 is 10.0 Å². The molecule has 26 heavy (non-hydrogen) atoms. The molecule has 1 N–H and O–H groups in total. The first-order chi connectivity index (χ1) is 12.4. The molecule has 0 unspecified atom stereocenters. The van der Waals surface area contributed by atoms with Crippen molar-refractivity contribution in [2.75, 3.05) is 11.9 Å². The average molecular weight is 373 g/mol. The number of benzene rings is 1. The summed E-state index contributed by atoms with van der Waals surface area (Å²) >= 11 is 0. The summed E-state index contributed by atoms with van der Waals surface area (Å²) in [5, 5.41) is 2.80. The van der Waals surface area contributed by atoms with Crippen LogP contribution in [0, 0.1) is 5.92 Å². The molecule has 1 aromatic carbocycles. The molecular weight excluding hydrogens is 350 g/mol. The van der Waals surface area contributed by atoms with Gasteiger partial charge in [-0.05, 0) is 48.2 Å². The molecule has 0 saturated heterocycles. The molecule has 2 aliphatic rings. The molecule has 1 aromatic heterocycles. The van der Waals surface area contributed by atoms with Crippen molar-refractivity contribution >= 4 is 21.6 Å². The van der Waals surface area contributed by atoms with Gasteiger partial charge in [-0.15, -0.1) is 0 Å². The van der Waals surface area contributed by atoms with Crippen LogP contribution in [-0.4, -0.2) is 29.7 Å². The largest absolute Gasteiger partial charge is 0.349 e. The zero-order valence-electron chi connectivity index (χ0n) is 15.0. The Balaban J connectivity index is 1.74. The van der Waals surface area contributed by atoms with Gasteiger partial charge in [0.15, 0.2) is 0 Å². The molecule has 0 spiro atoms. The van der Waals surface area contributed by atoms with Crippen LogP contribution < -0.4 is 5.32 Å². The van der Waals surface area contributed by atoms with Gasteiger partial charge < -0.3 is 9.88 Å². The van der Waals surface area contributed by atoms with Crippen molar-refractivity contribution in [3.8, 4) is 0 Å². The van der Waals surface area contributed by atoms with Crippen molar-refractivity contribution in [3.05, 3.63) is 47.8 Å². The van der Waals surface area contributed by atoms with Gasteiger partial charge in [0.05, 0.1) is 10.9 Å². The zero-order valence-corrected chi connectivity index (χ0v) is 15.8. The monoisotopic (exact) mass is 373 g/mol. The van der Waals surface area contributed by atoms with Crippen LogP contribution in [0.25, 0.3) is 0 Å². The number of sulfonamides is 1. The fourth-order valence-electron chi connectivity index (χ4n) is 3.99. The van der Waals surface area contributed by atoms with E-state index in [9.17, 15) is 13.2 Å². The maximum Gasteiger partial charge on any atom is 0.243 e. The number of hydrogen-bond donors (Lipinski definition) is 1. The molecule has 1 amide bonds. The van der Waals surface area contributed by atoms with Crippen LogP contribution in [0.4, 0.5) is 5.69 Å². The van der Waals surface area contributed by atoms with E-state index in [4.69, 9.17) is 0 Å². The van der Waals surface area contributed by atoms with Gasteiger partial charge in [-0.3, -0.25) is 4.79 Å². The second-order valence-electron chi connectivity index (χ2n) is 7.30. The van der Waals surface area contributed by atoms with Gasteiger partial charge in [0.25, 0.3) is 0 Å². The van der Waals surface area contributed by atoms with Gasteiger partial charge in [0.1, 0.15) is 0 Å². The molecule has 4 rings (SSSR count). The summed E-state index contributed by atoms with van der Waals surface area (Å²) in [6, 6.07) is 8.83. The Bertz CT molecular complexity index is 962. The Hall–Kier alpha value is -2.12. The zero-order chi connectivity index (χ0) is 18.5. The van der Waals surface area contributed by atoms with Crippen LogP contribution in [0.1, 0.15) is 37.6 Å². The lowest BCUT2D eigenvalue weighted by Crippen LogP contribution is -2.43. The Kier molecular flexibility index (Phi) is 4.16. The molecule has 0 aliphatic carbocycles. The molecule has 0 radical (unpaired) electrons. The molecule has 3 heterocycles. The second-order valence-corrected chi connectivity index (χ2v) is 9.19. The molecule has 6 nitrogen and oxygen atoms in total. The summed E-state index contributed by atoms with van der Waals surface area (Å²) < 4.78 is 30.6. The third-order valence-electron chi connectivity index (χ3n) is 5.25. The molecular formula is C19H23N3O3S. The van der Waals surface area contributed by atoms with Crippen LogP contribution >= 0.6 is 0 Å². The average Bonchev–Trinajstić information content (AvgIpc) is 3.08. The minimum absolute atomic E-state index is 0.0234. The van der Waals surface area contributed by atoms with Gasteiger partial charge in [-0.25, -0.2) is 8.42 Å². The van der Waals surface area contributed by atoms with Crippen molar-refractivity contribution in [1.82, 2.24) is 8.87 Å². The lowest BCUT2D eigenvalue weighted by atomic mass is 9.99. The van der Waals surface area contributed by atoms with Crippen LogP contribution in [0.5, 0.6) is 0 Å². The molecule has 2 aliphatic heterocycles. The first kappa shape index (κ1) is 17.3. The predicted molar refractivity (Wildman–Crippen MR) is 99.3 cm³/mol. The fourth-order valence-corrected chi connectivity index (χ4v) is 5.77. The van der Waals surface area contributed by atoms with Crippen LogP contribution in [0.2, 0.25) is 0 Å². The maximum atomic E-state index is 13.4. The molecule has 7 heteroatoms. The van der Waals surface area contributed by atoms with E-state index in [0.717, 1.165) is 11.3 Å². The first-order valence-corrected chi connectivity index (χ1v) is 10.4. The fraction of sp³-hybridized carbons (Fsp3) is 0.421. The number of amides is 1. The van der Waals surface area contributed by atoms with E-state index in [1.807, 2.05) is 18.3 Å². The number of aryl methyl sites for hydroxylation is 1. The van der Waals surface area contributed by atoms with E-state index in [-0.39, 0.29) is 17.9 Å². The predicted octanol–water partition coefficient (Wildman–Crippen LogP) is 2.77. The normalized spacial score (nSPS) is 20.6. The van der Waals surface area contributed by atoms with Crippen LogP contribution in [0.15, 0.2) is 41.4 Å². The van der Waals surface area contributed by atoms with Gasteiger partial charge in [0.2, 0.25) is 15.9 Å². The molecule has 0 bridgehead atoms. The van der Waals surface area contributed by atoms with E-state index in [1.165, 1.54) is 0 Å². The Labute approximate surface area is 153 Å². The van der Waals surface area contributed by atoms with E-state index in [1.54, 1.807) is 22.5 Å². The van der Waals surface area contributed by atoms with Crippen molar-refractivity contribution < 1.29 is 13.2 Å². The molecule has 0 saturated carbocycles. The van der Waals surface area contributed by atoms with E-state index >= 15 is 0 Å². The topological polar surface area (TPSA) is 71.4 Å². The number of rotatable bonds is 3. The van der Waals surface area contributed by atoms with Crippen molar-refractivity contribution in [2.24, 2.45) is 5.92 Å². The summed E-state index contributed by atoms with van der Waals surface area (Å²) in [6.07, 6.45) is 2.97.